The maximum Gasteiger partial charge on any atom is 0.356 e. The van der Waals surface area contributed by atoms with Crippen molar-refractivity contribution in [3.8, 4) is 22.9 Å². The van der Waals surface area contributed by atoms with Crippen LogP contribution in [-0.4, -0.2) is 23.2 Å². The molecular weight excluding hydrogens is 509 g/mol. The Kier molecular flexibility index (Phi) is 7.77. The molecule has 0 N–H and O–H groups in total. The lowest BCUT2D eigenvalue weighted by Gasteiger charge is -2.19. The van der Waals surface area contributed by atoms with Crippen molar-refractivity contribution in [2.45, 2.75) is 53.1 Å². The van der Waals surface area contributed by atoms with Crippen LogP contribution in [0, 0.1) is 0 Å². The third-order valence-electron chi connectivity index (χ3n) is 5.86. The largest absolute Gasteiger partial charge is 0.491 e. The lowest BCUT2D eigenvalue weighted by Crippen LogP contribution is -2.11. The number of fused-ring (bicyclic) bond motifs is 1. The van der Waals surface area contributed by atoms with E-state index >= 15 is 0 Å². The molecule has 3 aromatic carbocycles. The zero-order valence-electron chi connectivity index (χ0n) is 21.9. The van der Waals surface area contributed by atoms with E-state index in [1.165, 1.54) is 5.56 Å². The second-order valence-corrected chi connectivity index (χ2v) is 10.8. The fourth-order valence-electron chi connectivity index (χ4n) is 4.10. The van der Waals surface area contributed by atoms with Crippen LogP contribution in [-0.2, 0) is 10.2 Å². The predicted molar refractivity (Wildman–Crippen MR) is 150 cm³/mol. The van der Waals surface area contributed by atoms with Crippen molar-refractivity contribution in [2.75, 3.05) is 6.61 Å². The van der Waals surface area contributed by atoms with Gasteiger partial charge in [-0.15, -0.1) is 0 Å². The van der Waals surface area contributed by atoms with Gasteiger partial charge in [-0.25, -0.2) is 4.79 Å². The van der Waals surface area contributed by atoms with Gasteiger partial charge in [-0.1, -0.05) is 56.1 Å². The highest BCUT2D eigenvalue weighted by molar-refractivity contribution is 6.45. The van der Waals surface area contributed by atoms with Crippen LogP contribution in [0.25, 0.3) is 16.6 Å². The number of carbonyl (C=O) groups is 1. The van der Waals surface area contributed by atoms with Crippen LogP contribution in [0.5, 0.6) is 17.2 Å². The first-order valence-electron chi connectivity index (χ1n) is 12.3. The summed E-state index contributed by atoms with van der Waals surface area (Å²) < 4.78 is 19.0. The molecule has 0 aliphatic rings. The van der Waals surface area contributed by atoms with Crippen LogP contribution in [0.3, 0.4) is 0 Å². The first-order chi connectivity index (χ1) is 17.5. The van der Waals surface area contributed by atoms with E-state index in [0.717, 1.165) is 11.4 Å². The van der Waals surface area contributed by atoms with Crippen molar-refractivity contribution in [2.24, 2.45) is 0 Å². The number of halogens is 2. The summed E-state index contributed by atoms with van der Waals surface area (Å²) in [5.74, 6) is 1.27. The molecular formula is C30H31Cl2NO4. The fraction of sp³-hybridized carbons (Fsp3) is 0.300. The first-order valence-corrected chi connectivity index (χ1v) is 13.0. The molecule has 0 fully saturated rings. The second-order valence-electron chi connectivity index (χ2n) is 10.0. The number of rotatable bonds is 7. The van der Waals surface area contributed by atoms with E-state index < -0.39 is 5.97 Å². The molecule has 4 rings (SSSR count). The quantitative estimate of drug-likeness (QED) is 0.220. The number of esters is 1. The smallest absolute Gasteiger partial charge is 0.356 e. The summed E-state index contributed by atoms with van der Waals surface area (Å²) in [6, 6.07) is 19.0. The van der Waals surface area contributed by atoms with Gasteiger partial charge in [0.15, 0.2) is 5.69 Å². The first kappa shape index (κ1) is 26.9. The third-order valence-corrected chi connectivity index (χ3v) is 6.60. The monoisotopic (exact) mass is 539 g/mol. The molecule has 0 amide bonds. The number of aromatic nitrogens is 1. The van der Waals surface area contributed by atoms with Crippen LogP contribution < -0.4 is 9.47 Å². The summed E-state index contributed by atoms with van der Waals surface area (Å²) >= 11 is 13.7. The number of ether oxygens (including phenoxy) is 3. The minimum Gasteiger partial charge on any atom is -0.491 e. The Morgan fingerprint density at radius 3 is 2.08 bits per heavy atom. The molecule has 4 aromatic rings. The Bertz CT molecular complexity index is 1420. The average molecular weight is 540 g/mol. The van der Waals surface area contributed by atoms with Crippen LogP contribution in [0.1, 0.15) is 57.6 Å². The van der Waals surface area contributed by atoms with E-state index in [4.69, 9.17) is 37.4 Å². The zero-order valence-corrected chi connectivity index (χ0v) is 23.4. The topological polar surface area (TPSA) is 49.7 Å². The fourth-order valence-corrected chi connectivity index (χ4v) is 4.80. The van der Waals surface area contributed by atoms with E-state index in [2.05, 4.69) is 20.8 Å². The molecule has 0 saturated heterocycles. The predicted octanol–water partition coefficient (Wildman–Crippen LogP) is 8.99. The SMILES string of the molecule is CCOC(=O)c1c(Cl)c2c(Cl)c(Oc3ccc(C(C)(C)C)cc3)ccc2n1-c1ccc(OC(C)C)cc1. The highest BCUT2D eigenvalue weighted by Crippen LogP contribution is 2.43. The van der Waals surface area contributed by atoms with Crippen molar-refractivity contribution in [1.82, 2.24) is 4.57 Å². The van der Waals surface area contributed by atoms with Gasteiger partial charge in [0.05, 0.1) is 28.3 Å². The van der Waals surface area contributed by atoms with Gasteiger partial charge < -0.3 is 18.8 Å². The number of benzene rings is 3. The molecule has 7 heteroatoms. The van der Waals surface area contributed by atoms with Crippen LogP contribution in [0.2, 0.25) is 10.0 Å². The summed E-state index contributed by atoms with van der Waals surface area (Å²) in [4.78, 5) is 13.0. The van der Waals surface area contributed by atoms with Gasteiger partial charge in [0, 0.05) is 11.1 Å². The Morgan fingerprint density at radius 2 is 1.51 bits per heavy atom. The van der Waals surface area contributed by atoms with Gasteiger partial charge in [0.1, 0.15) is 17.2 Å². The van der Waals surface area contributed by atoms with E-state index in [-0.39, 0.29) is 28.8 Å². The van der Waals surface area contributed by atoms with Crippen molar-refractivity contribution < 1.29 is 19.0 Å². The second kappa shape index (κ2) is 10.7. The standard InChI is InChI=1S/C30H31Cl2NO4/c1-7-35-29(34)28-27(32)25-23(33(28)20-10-14-21(15-11-20)36-18(2)3)16-17-24(26(25)31)37-22-12-8-19(9-13-22)30(4,5)6/h8-18H,7H2,1-6H3. The molecule has 0 aliphatic heterocycles. The highest BCUT2D eigenvalue weighted by atomic mass is 35.5. The number of hydrogen-bond acceptors (Lipinski definition) is 4. The van der Waals surface area contributed by atoms with Crippen LogP contribution in [0.15, 0.2) is 60.7 Å². The Morgan fingerprint density at radius 1 is 0.892 bits per heavy atom. The minimum absolute atomic E-state index is 0.0359. The highest BCUT2D eigenvalue weighted by Gasteiger charge is 2.27. The molecule has 37 heavy (non-hydrogen) atoms. The molecule has 0 bridgehead atoms. The Labute approximate surface area is 227 Å². The summed E-state index contributed by atoms with van der Waals surface area (Å²) in [6.07, 6.45) is 0.0460. The molecule has 194 valence electrons. The molecule has 0 radical (unpaired) electrons. The van der Waals surface area contributed by atoms with Crippen molar-refractivity contribution >= 4 is 40.1 Å². The minimum atomic E-state index is -0.539. The van der Waals surface area contributed by atoms with Gasteiger partial charge in [0.2, 0.25) is 0 Å². The van der Waals surface area contributed by atoms with Gasteiger partial charge in [0.25, 0.3) is 0 Å². The van der Waals surface area contributed by atoms with Crippen LogP contribution >= 0.6 is 23.2 Å². The van der Waals surface area contributed by atoms with Crippen molar-refractivity contribution in [3.63, 3.8) is 0 Å². The van der Waals surface area contributed by atoms with Gasteiger partial charge in [-0.05, 0) is 80.3 Å². The Hall–Kier alpha value is -3.15. The summed E-state index contributed by atoms with van der Waals surface area (Å²) in [5, 5.41) is 1.03. The maximum atomic E-state index is 13.0. The normalized spacial score (nSPS) is 11.7. The van der Waals surface area contributed by atoms with E-state index in [1.54, 1.807) is 17.6 Å². The third kappa shape index (κ3) is 5.58. The van der Waals surface area contributed by atoms with Crippen LogP contribution in [0.4, 0.5) is 0 Å². The van der Waals surface area contributed by atoms with Crippen molar-refractivity contribution in [3.05, 3.63) is 82.0 Å². The lowest BCUT2D eigenvalue weighted by molar-refractivity contribution is 0.0517. The number of nitrogens with zero attached hydrogens (tertiary/aromatic N) is 1. The Balaban J connectivity index is 1.81. The van der Waals surface area contributed by atoms with Crippen molar-refractivity contribution in [1.29, 1.82) is 0 Å². The molecule has 1 aromatic heterocycles. The molecule has 0 atom stereocenters. The molecule has 1 heterocycles. The number of carbonyl (C=O) groups excluding carboxylic acids is 1. The molecule has 0 spiro atoms. The molecule has 0 saturated carbocycles. The number of hydrogen-bond donors (Lipinski definition) is 0. The molecule has 0 aliphatic carbocycles. The molecule has 0 unspecified atom stereocenters. The summed E-state index contributed by atoms with van der Waals surface area (Å²) in [6.45, 7) is 12.4. The van der Waals surface area contributed by atoms with E-state index in [9.17, 15) is 4.79 Å². The van der Waals surface area contributed by atoms with Gasteiger partial charge >= 0.3 is 5.97 Å². The summed E-state index contributed by atoms with van der Waals surface area (Å²) in [7, 11) is 0. The van der Waals surface area contributed by atoms with Gasteiger partial charge in [-0.2, -0.15) is 0 Å². The zero-order chi connectivity index (χ0) is 26.9. The summed E-state index contributed by atoms with van der Waals surface area (Å²) in [5.41, 5.74) is 2.81. The van der Waals surface area contributed by atoms with E-state index in [0.29, 0.717) is 27.4 Å². The molecule has 5 nitrogen and oxygen atoms in total. The van der Waals surface area contributed by atoms with E-state index in [1.807, 2.05) is 68.4 Å². The lowest BCUT2D eigenvalue weighted by atomic mass is 9.87. The average Bonchev–Trinajstić information content (AvgIpc) is 3.14. The maximum absolute atomic E-state index is 13.0. The van der Waals surface area contributed by atoms with Gasteiger partial charge in [-0.3, -0.25) is 0 Å².